The number of likely N-dealkylation sites (N-methyl/N-ethyl adjacent to an activating group) is 1. The Morgan fingerprint density at radius 1 is 1.35 bits per heavy atom. The smallest absolute Gasteiger partial charge is 0.268 e. The van der Waals surface area contributed by atoms with E-state index in [-0.39, 0.29) is 5.56 Å². The second kappa shape index (κ2) is 4.27. The first-order chi connectivity index (χ1) is 8.25. The van der Waals surface area contributed by atoms with E-state index in [2.05, 4.69) is 11.9 Å². The molecule has 0 radical (unpaired) electrons. The highest BCUT2D eigenvalue weighted by Crippen LogP contribution is 2.25. The van der Waals surface area contributed by atoms with Crippen molar-refractivity contribution in [2.75, 3.05) is 20.1 Å². The molecule has 1 aromatic carbocycles. The summed E-state index contributed by atoms with van der Waals surface area (Å²) in [6.45, 7) is 2.14. The lowest BCUT2D eigenvalue weighted by Gasteiger charge is -2.29. The van der Waals surface area contributed by atoms with Crippen LogP contribution in [0.15, 0.2) is 29.1 Å². The summed E-state index contributed by atoms with van der Waals surface area (Å²) in [7, 11) is 2.13. The van der Waals surface area contributed by atoms with E-state index >= 15 is 0 Å². The minimum atomic E-state index is 0.186. The Morgan fingerprint density at radius 3 is 2.94 bits per heavy atom. The Morgan fingerprint density at radius 2 is 2.18 bits per heavy atom. The van der Waals surface area contributed by atoms with Gasteiger partial charge in [-0.1, -0.05) is 23.7 Å². The van der Waals surface area contributed by atoms with Crippen molar-refractivity contribution in [1.29, 1.82) is 0 Å². The van der Waals surface area contributed by atoms with Gasteiger partial charge in [-0.15, -0.1) is 0 Å². The SMILES string of the molecule is CN1CCCC(n2sc3ccccc3c2=O)C1. The number of piperidine rings is 1. The third-order valence-corrected chi connectivity index (χ3v) is 4.66. The van der Waals surface area contributed by atoms with Gasteiger partial charge in [-0.2, -0.15) is 0 Å². The van der Waals surface area contributed by atoms with Crippen molar-refractivity contribution < 1.29 is 0 Å². The van der Waals surface area contributed by atoms with Gasteiger partial charge in [0.25, 0.3) is 5.56 Å². The fourth-order valence-electron chi connectivity index (χ4n) is 2.56. The van der Waals surface area contributed by atoms with Crippen molar-refractivity contribution in [2.45, 2.75) is 18.9 Å². The summed E-state index contributed by atoms with van der Waals surface area (Å²) >= 11 is 1.61. The van der Waals surface area contributed by atoms with E-state index in [9.17, 15) is 4.79 Å². The van der Waals surface area contributed by atoms with Gasteiger partial charge in [0.15, 0.2) is 0 Å². The number of rotatable bonds is 1. The summed E-state index contributed by atoms with van der Waals surface area (Å²) in [6.07, 6.45) is 2.30. The highest BCUT2D eigenvalue weighted by atomic mass is 32.1. The second-order valence-corrected chi connectivity index (χ2v) is 5.79. The van der Waals surface area contributed by atoms with E-state index in [0.29, 0.717) is 6.04 Å². The van der Waals surface area contributed by atoms with Crippen molar-refractivity contribution in [3.63, 3.8) is 0 Å². The molecule has 0 N–H and O–H groups in total. The maximum atomic E-state index is 12.3. The summed E-state index contributed by atoms with van der Waals surface area (Å²) in [4.78, 5) is 14.6. The first kappa shape index (κ1) is 11.0. The summed E-state index contributed by atoms with van der Waals surface area (Å²) < 4.78 is 3.08. The number of likely N-dealkylation sites (tertiary alicyclic amines) is 1. The fraction of sp³-hybridized carbons (Fsp3) is 0.462. The lowest BCUT2D eigenvalue weighted by molar-refractivity contribution is 0.217. The standard InChI is InChI=1S/C13H16N2OS/c1-14-8-4-5-10(9-14)15-13(16)11-6-2-3-7-12(11)17-15/h2-3,6-7,10H,4-5,8-9H2,1H3. The Hall–Kier alpha value is -1.13. The zero-order valence-electron chi connectivity index (χ0n) is 9.93. The zero-order valence-corrected chi connectivity index (χ0v) is 10.7. The molecule has 2 aromatic rings. The van der Waals surface area contributed by atoms with E-state index in [4.69, 9.17) is 0 Å². The van der Waals surface area contributed by atoms with Crippen LogP contribution in [-0.2, 0) is 0 Å². The summed E-state index contributed by atoms with van der Waals surface area (Å²) in [5.41, 5.74) is 0.186. The molecule has 1 unspecified atom stereocenters. The van der Waals surface area contributed by atoms with Crippen LogP contribution in [0.25, 0.3) is 10.1 Å². The summed E-state index contributed by atoms with van der Waals surface area (Å²) in [5, 5.41) is 0.866. The van der Waals surface area contributed by atoms with Crippen LogP contribution in [0.5, 0.6) is 0 Å². The maximum absolute atomic E-state index is 12.3. The highest BCUT2D eigenvalue weighted by Gasteiger charge is 2.21. The van der Waals surface area contributed by atoms with Gasteiger partial charge in [0.05, 0.1) is 16.1 Å². The van der Waals surface area contributed by atoms with Crippen molar-refractivity contribution >= 4 is 21.6 Å². The first-order valence-corrected chi connectivity index (χ1v) is 6.82. The van der Waals surface area contributed by atoms with Gasteiger partial charge >= 0.3 is 0 Å². The van der Waals surface area contributed by atoms with Crippen LogP contribution in [0.1, 0.15) is 18.9 Å². The molecule has 2 heterocycles. The van der Waals surface area contributed by atoms with Crippen LogP contribution in [0.2, 0.25) is 0 Å². The molecule has 0 amide bonds. The van der Waals surface area contributed by atoms with E-state index < -0.39 is 0 Å². The predicted molar refractivity (Wildman–Crippen MR) is 71.9 cm³/mol. The number of aromatic nitrogens is 1. The van der Waals surface area contributed by atoms with Gasteiger partial charge in [0.2, 0.25) is 0 Å². The van der Waals surface area contributed by atoms with Crippen LogP contribution >= 0.6 is 11.5 Å². The summed E-state index contributed by atoms with van der Waals surface area (Å²) in [6, 6.07) is 8.25. The van der Waals surface area contributed by atoms with Gasteiger partial charge < -0.3 is 4.90 Å². The molecule has 1 atom stereocenters. The average Bonchev–Trinajstić information content (AvgIpc) is 2.68. The molecule has 90 valence electrons. The molecule has 3 nitrogen and oxygen atoms in total. The molecule has 1 aliphatic heterocycles. The fourth-order valence-corrected chi connectivity index (χ4v) is 3.67. The third kappa shape index (κ3) is 1.91. The number of hydrogen-bond donors (Lipinski definition) is 0. The maximum Gasteiger partial charge on any atom is 0.268 e. The Kier molecular flexibility index (Phi) is 2.76. The molecule has 0 aliphatic carbocycles. The van der Waals surface area contributed by atoms with E-state index in [1.807, 2.05) is 28.2 Å². The van der Waals surface area contributed by atoms with Gasteiger partial charge in [-0.05, 0) is 38.6 Å². The minimum absolute atomic E-state index is 0.186. The van der Waals surface area contributed by atoms with E-state index in [1.165, 1.54) is 6.42 Å². The van der Waals surface area contributed by atoms with Crippen LogP contribution in [-0.4, -0.2) is 29.0 Å². The zero-order chi connectivity index (χ0) is 11.8. The van der Waals surface area contributed by atoms with Crippen LogP contribution in [0.4, 0.5) is 0 Å². The largest absolute Gasteiger partial charge is 0.304 e. The minimum Gasteiger partial charge on any atom is -0.304 e. The topological polar surface area (TPSA) is 25.2 Å². The van der Waals surface area contributed by atoms with E-state index in [1.54, 1.807) is 11.5 Å². The molecule has 17 heavy (non-hydrogen) atoms. The molecule has 4 heteroatoms. The quantitative estimate of drug-likeness (QED) is 0.774. The van der Waals surface area contributed by atoms with Crippen molar-refractivity contribution in [3.05, 3.63) is 34.6 Å². The predicted octanol–water partition coefficient (Wildman–Crippen LogP) is 2.33. The summed E-state index contributed by atoms with van der Waals surface area (Å²) in [5.74, 6) is 0. The molecule has 1 saturated heterocycles. The third-order valence-electron chi connectivity index (χ3n) is 3.45. The Balaban J connectivity index is 2.05. The molecule has 0 bridgehead atoms. The molecule has 1 aliphatic rings. The normalized spacial score (nSPS) is 22.1. The van der Waals surface area contributed by atoms with Crippen molar-refractivity contribution in [2.24, 2.45) is 0 Å². The molecular formula is C13H16N2OS. The Bertz CT molecular complexity index is 586. The van der Waals surface area contributed by atoms with E-state index in [0.717, 1.165) is 29.6 Å². The molecule has 0 spiro atoms. The second-order valence-electron chi connectivity index (χ2n) is 4.78. The molecule has 1 aromatic heterocycles. The average molecular weight is 248 g/mol. The number of nitrogens with zero attached hydrogens (tertiary/aromatic N) is 2. The molecule has 1 fully saturated rings. The van der Waals surface area contributed by atoms with Crippen molar-refractivity contribution in [3.8, 4) is 0 Å². The van der Waals surface area contributed by atoms with Gasteiger partial charge in [-0.3, -0.25) is 8.75 Å². The van der Waals surface area contributed by atoms with Crippen LogP contribution in [0, 0.1) is 0 Å². The lowest BCUT2D eigenvalue weighted by Crippen LogP contribution is -2.35. The van der Waals surface area contributed by atoms with Crippen LogP contribution in [0.3, 0.4) is 0 Å². The van der Waals surface area contributed by atoms with Gasteiger partial charge in [-0.25, -0.2) is 0 Å². The number of fused-ring (bicyclic) bond motifs is 1. The lowest BCUT2D eigenvalue weighted by atomic mass is 10.1. The monoisotopic (exact) mass is 248 g/mol. The molecule has 3 rings (SSSR count). The van der Waals surface area contributed by atoms with Gasteiger partial charge in [0.1, 0.15) is 0 Å². The first-order valence-electron chi connectivity index (χ1n) is 6.05. The van der Waals surface area contributed by atoms with Crippen LogP contribution < -0.4 is 5.56 Å². The molecule has 0 saturated carbocycles. The number of hydrogen-bond acceptors (Lipinski definition) is 3. The van der Waals surface area contributed by atoms with Crippen molar-refractivity contribution in [1.82, 2.24) is 8.86 Å². The van der Waals surface area contributed by atoms with Gasteiger partial charge in [0, 0.05) is 6.54 Å². The number of benzene rings is 1. The highest BCUT2D eigenvalue weighted by molar-refractivity contribution is 7.13. The molecular weight excluding hydrogens is 232 g/mol. The Labute approximate surface area is 104 Å².